The van der Waals surface area contributed by atoms with Crippen LogP contribution in [0.15, 0.2) is 0 Å². The van der Waals surface area contributed by atoms with E-state index >= 15 is 0 Å². The maximum Gasteiger partial charge on any atom is 0.347 e. The summed E-state index contributed by atoms with van der Waals surface area (Å²) in [4.78, 5) is 20.3. The summed E-state index contributed by atoms with van der Waals surface area (Å²) >= 11 is 1.22. The van der Waals surface area contributed by atoms with Gasteiger partial charge >= 0.3 is 5.97 Å². The van der Waals surface area contributed by atoms with Gasteiger partial charge in [0, 0.05) is 27.2 Å². The maximum absolute atomic E-state index is 11.2. The van der Waals surface area contributed by atoms with Gasteiger partial charge in [-0.2, -0.15) is 0 Å². The lowest BCUT2D eigenvalue weighted by Crippen LogP contribution is -2.27. The molecular weight excluding hydrogens is 278 g/mol. The van der Waals surface area contributed by atoms with E-state index < -0.39 is 5.97 Å². The second-order valence-corrected chi connectivity index (χ2v) is 6.29. The Balaban J connectivity index is 2.07. The molecule has 7 heteroatoms. The van der Waals surface area contributed by atoms with Gasteiger partial charge in [0.2, 0.25) is 0 Å². The predicted octanol–water partition coefficient (Wildman–Crippen LogP) is 1.38. The number of carboxylic acids is 1. The van der Waals surface area contributed by atoms with Crippen LogP contribution in [0.5, 0.6) is 0 Å². The topological polar surface area (TPSA) is 65.9 Å². The Morgan fingerprint density at radius 1 is 1.65 bits per heavy atom. The quantitative estimate of drug-likeness (QED) is 0.856. The molecule has 2 heterocycles. The monoisotopic (exact) mass is 299 g/mol. The number of ether oxygens (including phenoxy) is 1. The molecule has 112 valence electrons. The van der Waals surface area contributed by atoms with Gasteiger partial charge in [-0.1, -0.05) is 11.3 Å². The van der Waals surface area contributed by atoms with Crippen molar-refractivity contribution in [1.82, 2.24) is 9.88 Å². The van der Waals surface area contributed by atoms with E-state index in [9.17, 15) is 9.90 Å². The highest BCUT2D eigenvalue weighted by Crippen LogP contribution is 2.28. The molecule has 0 aliphatic carbocycles. The molecule has 0 amide bonds. The average molecular weight is 299 g/mol. The zero-order chi connectivity index (χ0) is 14.7. The minimum Gasteiger partial charge on any atom is -0.477 e. The van der Waals surface area contributed by atoms with Crippen molar-refractivity contribution in [2.24, 2.45) is 5.92 Å². The number of hydrogen-bond acceptors (Lipinski definition) is 6. The van der Waals surface area contributed by atoms with Crippen molar-refractivity contribution in [2.75, 3.05) is 45.7 Å². The van der Waals surface area contributed by atoms with E-state index in [-0.39, 0.29) is 11.5 Å². The molecule has 1 unspecified atom stereocenters. The molecule has 2 rings (SSSR count). The molecule has 1 saturated heterocycles. The summed E-state index contributed by atoms with van der Waals surface area (Å²) in [5.41, 5.74) is 0.510. The summed E-state index contributed by atoms with van der Waals surface area (Å²) in [6, 6.07) is 0. The molecule has 1 aromatic rings. The Kier molecular flexibility index (Phi) is 4.95. The first-order chi connectivity index (χ1) is 9.51. The van der Waals surface area contributed by atoms with Crippen molar-refractivity contribution >= 4 is 22.4 Å². The fourth-order valence-electron chi connectivity index (χ4n) is 2.54. The molecule has 1 aromatic heterocycles. The van der Waals surface area contributed by atoms with Crippen LogP contribution < -0.4 is 4.90 Å². The highest BCUT2D eigenvalue weighted by molar-refractivity contribution is 7.17. The summed E-state index contributed by atoms with van der Waals surface area (Å²) in [5, 5.41) is 9.95. The van der Waals surface area contributed by atoms with Gasteiger partial charge < -0.3 is 19.6 Å². The van der Waals surface area contributed by atoms with E-state index in [0.29, 0.717) is 11.6 Å². The second-order valence-electron chi connectivity index (χ2n) is 5.31. The predicted molar refractivity (Wildman–Crippen MR) is 78.7 cm³/mol. The normalized spacial score (nSPS) is 19.4. The number of anilines is 1. The summed E-state index contributed by atoms with van der Waals surface area (Å²) in [6.07, 6.45) is 1.18. The van der Waals surface area contributed by atoms with Crippen LogP contribution in [0.3, 0.4) is 0 Å². The summed E-state index contributed by atoms with van der Waals surface area (Å²) in [6.45, 7) is 3.36. The summed E-state index contributed by atoms with van der Waals surface area (Å²) in [7, 11) is 5.64. The molecular formula is C13H21N3O3S. The third-order valence-electron chi connectivity index (χ3n) is 3.51. The van der Waals surface area contributed by atoms with Gasteiger partial charge in [0.25, 0.3) is 0 Å². The number of carboxylic acid groups (broad SMARTS) is 1. The van der Waals surface area contributed by atoms with Crippen LogP contribution in [0.1, 0.15) is 21.8 Å². The molecule has 0 saturated carbocycles. The number of aromatic carboxylic acids is 1. The van der Waals surface area contributed by atoms with Gasteiger partial charge in [0.15, 0.2) is 5.13 Å². The van der Waals surface area contributed by atoms with Crippen molar-refractivity contribution in [3.63, 3.8) is 0 Å². The van der Waals surface area contributed by atoms with Crippen LogP contribution >= 0.6 is 11.3 Å². The number of carbonyl (C=O) groups is 1. The van der Waals surface area contributed by atoms with Crippen LogP contribution in [0.2, 0.25) is 0 Å². The van der Waals surface area contributed by atoms with Gasteiger partial charge in [-0.15, -0.1) is 0 Å². The molecule has 0 radical (unpaired) electrons. The molecule has 1 fully saturated rings. The number of rotatable bonds is 6. The summed E-state index contributed by atoms with van der Waals surface area (Å²) < 4.78 is 5.01. The molecule has 0 spiro atoms. The number of thiazole rings is 1. The van der Waals surface area contributed by atoms with E-state index in [1.807, 2.05) is 7.05 Å². The van der Waals surface area contributed by atoms with Crippen molar-refractivity contribution in [3.8, 4) is 0 Å². The van der Waals surface area contributed by atoms with Crippen molar-refractivity contribution in [2.45, 2.75) is 13.0 Å². The summed E-state index contributed by atoms with van der Waals surface area (Å²) in [5.74, 6) is -0.317. The first kappa shape index (κ1) is 15.2. The molecule has 0 bridgehead atoms. The fraction of sp³-hybridized carbons (Fsp3) is 0.692. The van der Waals surface area contributed by atoms with E-state index in [1.165, 1.54) is 17.8 Å². The molecule has 1 atom stereocenters. The van der Waals surface area contributed by atoms with Gasteiger partial charge in [-0.25, -0.2) is 9.78 Å². The van der Waals surface area contributed by atoms with Gasteiger partial charge in [0.05, 0.1) is 12.3 Å². The smallest absolute Gasteiger partial charge is 0.347 e. The Bertz CT molecular complexity index is 477. The molecule has 1 aliphatic rings. The van der Waals surface area contributed by atoms with Crippen LogP contribution in [-0.2, 0) is 11.3 Å². The van der Waals surface area contributed by atoms with Crippen molar-refractivity contribution < 1.29 is 14.6 Å². The van der Waals surface area contributed by atoms with Crippen LogP contribution in [0, 0.1) is 5.92 Å². The SMILES string of the molecule is COCc1nc(N(C)CC2CCN(C)C2)sc1C(=O)O. The minimum absolute atomic E-state index is 0.234. The lowest BCUT2D eigenvalue weighted by Gasteiger charge is -2.20. The zero-order valence-corrected chi connectivity index (χ0v) is 12.9. The largest absolute Gasteiger partial charge is 0.477 e. The molecule has 1 aliphatic heterocycles. The van der Waals surface area contributed by atoms with Crippen LogP contribution in [0.25, 0.3) is 0 Å². The Morgan fingerprint density at radius 2 is 2.40 bits per heavy atom. The van der Waals surface area contributed by atoms with Crippen molar-refractivity contribution in [1.29, 1.82) is 0 Å². The fourth-order valence-corrected chi connectivity index (χ4v) is 3.42. The number of nitrogens with zero attached hydrogens (tertiary/aromatic N) is 3. The van der Waals surface area contributed by atoms with E-state index in [0.717, 1.165) is 24.8 Å². The van der Waals surface area contributed by atoms with Gasteiger partial charge in [-0.05, 0) is 25.9 Å². The Morgan fingerprint density at radius 3 is 2.95 bits per heavy atom. The lowest BCUT2D eigenvalue weighted by molar-refractivity contribution is 0.0697. The third kappa shape index (κ3) is 3.47. The first-order valence-electron chi connectivity index (χ1n) is 6.63. The molecule has 0 aromatic carbocycles. The highest BCUT2D eigenvalue weighted by atomic mass is 32.1. The van der Waals surface area contributed by atoms with E-state index in [4.69, 9.17) is 4.74 Å². The van der Waals surface area contributed by atoms with E-state index in [1.54, 1.807) is 7.11 Å². The Hall–Kier alpha value is -1.18. The highest BCUT2D eigenvalue weighted by Gasteiger charge is 2.24. The zero-order valence-electron chi connectivity index (χ0n) is 12.1. The molecule has 20 heavy (non-hydrogen) atoms. The molecule has 6 nitrogen and oxygen atoms in total. The average Bonchev–Trinajstić information content (AvgIpc) is 2.96. The third-order valence-corrected chi connectivity index (χ3v) is 4.71. The second kappa shape index (κ2) is 6.51. The van der Waals surface area contributed by atoms with Crippen molar-refractivity contribution in [3.05, 3.63) is 10.6 Å². The maximum atomic E-state index is 11.2. The standard InChI is InChI=1S/C13H21N3O3S/c1-15-5-4-9(6-15)7-16(2)13-14-10(8-19-3)11(20-13)12(17)18/h9H,4-8H2,1-3H3,(H,17,18). The number of aromatic nitrogens is 1. The van der Waals surface area contributed by atoms with Gasteiger partial charge in [0.1, 0.15) is 4.88 Å². The minimum atomic E-state index is -0.935. The lowest BCUT2D eigenvalue weighted by atomic mass is 10.1. The Labute approximate surface area is 123 Å². The first-order valence-corrected chi connectivity index (χ1v) is 7.44. The number of hydrogen-bond donors (Lipinski definition) is 1. The van der Waals surface area contributed by atoms with Crippen LogP contribution in [0.4, 0.5) is 5.13 Å². The van der Waals surface area contributed by atoms with Crippen LogP contribution in [-0.4, -0.2) is 61.8 Å². The van der Waals surface area contributed by atoms with Gasteiger partial charge in [-0.3, -0.25) is 0 Å². The number of methoxy groups -OCH3 is 1. The molecule has 1 N–H and O–H groups in total. The number of likely N-dealkylation sites (tertiary alicyclic amines) is 1. The van der Waals surface area contributed by atoms with E-state index in [2.05, 4.69) is 21.8 Å².